The summed E-state index contributed by atoms with van der Waals surface area (Å²) in [5.41, 5.74) is 0.366. The predicted octanol–water partition coefficient (Wildman–Crippen LogP) is 4.32. The van der Waals surface area contributed by atoms with Gasteiger partial charge in [-0.25, -0.2) is 9.69 Å². The lowest BCUT2D eigenvalue weighted by Gasteiger charge is -2.26. The van der Waals surface area contributed by atoms with Gasteiger partial charge in [0.15, 0.2) is 5.75 Å². The molecule has 1 saturated heterocycles. The highest BCUT2D eigenvalue weighted by atomic mass is 35.5. The molecule has 4 amide bonds. The summed E-state index contributed by atoms with van der Waals surface area (Å²) >= 11 is 18.1. The maximum Gasteiger partial charge on any atom is 0.335 e. The molecule has 0 radical (unpaired) electrons. The molecule has 9 heteroatoms. The number of ether oxygens (including phenoxy) is 1. The van der Waals surface area contributed by atoms with Crippen molar-refractivity contribution in [1.82, 2.24) is 5.32 Å². The molecule has 1 fully saturated rings. The minimum absolute atomic E-state index is 0.211. The van der Waals surface area contributed by atoms with E-state index >= 15 is 0 Å². The van der Waals surface area contributed by atoms with E-state index in [4.69, 9.17) is 39.5 Å². The number of amides is 4. The summed E-state index contributed by atoms with van der Waals surface area (Å²) in [5, 5.41) is 2.89. The van der Waals surface area contributed by atoms with Gasteiger partial charge in [0.1, 0.15) is 5.57 Å². The number of nitrogens with zero attached hydrogens (tertiary/aromatic N) is 1. The van der Waals surface area contributed by atoms with E-state index in [1.165, 1.54) is 37.5 Å². The highest BCUT2D eigenvalue weighted by Crippen LogP contribution is 2.35. The number of benzene rings is 2. The number of halogens is 3. The zero-order chi connectivity index (χ0) is 19.7. The van der Waals surface area contributed by atoms with E-state index in [2.05, 4.69) is 5.32 Å². The second-order valence-corrected chi connectivity index (χ2v) is 6.71. The number of hydrogen-bond acceptors (Lipinski definition) is 4. The van der Waals surface area contributed by atoms with Crippen molar-refractivity contribution in [2.45, 2.75) is 0 Å². The standard InChI is InChI=1S/C18H11Cl3N2O4/c1-27-15-13(20)6-9(7-14(15)21)5-12-16(24)22-18(26)23(17(12)25)11-4-2-3-10(19)8-11/h2-8H,1H3,(H,22,24,26)/b12-5+. The number of methoxy groups -OCH3 is 1. The summed E-state index contributed by atoms with van der Waals surface area (Å²) in [6, 6.07) is 8.25. The summed E-state index contributed by atoms with van der Waals surface area (Å²) in [4.78, 5) is 38.0. The number of rotatable bonds is 3. The molecule has 1 heterocycles. The number of barbiturate groups is 1. The molecule has 6 nitrogen and oxygen atoms in total. The zero-order valence-corrected chi connectivity index (χ0v) is 16.0. The van der Waals surface area contributed by atoms with Crippen LogP contribution in [0.4, 0.5) is 10.5 Å². The average Bonchev–Trinajstić information content (AvgIpc) is 2.58. The summed E-state index contributed by atoms with van der Waals surface area (Å²) < 4.78 is 5.07. The minimum Gasteiger partial charge on any atom is -0.494 e. The SMILES string of the molecule is COc1c(Cl)cc(/C=C2\C(=O)NC(=O)N(c3cccc(Cl)c3)C2=O)cc1Cl. The van der Waals surface area contributed by atoms with E-state index in [0.29, 0.717) is 10.6 Å². The second-order valence-electron chi connectivity index (χ2n) is 5.46. The average molecular weight is 426 g/mol. The fourth-order valence-corrected chi connectivity index (χ4v) is 3.37. The zero-order valence-electron chi connectivity index (χ0n) is 13.8. The lowest BCUT2D eigenvalue weighted by Crippen LogP contribution is -2.54. The van der Waals surface area contributed by atoms with Gasteiger partial charge in [-0.1, -0.05) is 40.9 Å². The van der Waals surface area contributed by atoms with Crippen LogP contribution in [0.15, 0.2) is 42.0 Å². The van der Waals surface area contributed by atoms with E-state index in [1.807, 2.05) is 0 Å². The third-order valence-corrected chi connectivity index (χ3v) is 4.50. The molecular weight excluding hydrogens is 415 g/mol. The van der Waals surface area contributed by atoms with Crippen LogP contribution in [0.2, 0.25) is 15.1 Å². The molecule has 0 atom stereocenters. The molecule has 0 aromatic heterocycles. The number of imide groups is 2. The second kappa shape index (κ2) is 7.60. The molecule has 27 heavy (non-hydrogen) atoms. The van der Waals surface area contributed by atoms with Gasteiger partial charge in [-0.2, -0.15) is 0 Å². The van der Waals surface area contributed by atoms with Gasteiger partial charge in [0.05, 0.1) is 22.8 Å². The van der Waals surface area contributed by atoms with E-state index in [-0.39, 0.29) is 27.1 Å². The van der Waals surface area contributed by atoms with Gasteiger partial charge < -0.3 is 4.74 Å². The van der Waals surface area contributed by atoms with Crippen molar-refractivity contribution in [3.05, 3.63) is 62.6 Å². The van der Waals surface area contributed by atoms with Crippen LogP contribution in [-0.4, -0.2) is 25.0 Å². The fourth-order valence-electron chi connectivity index (χ4n) is 2.53. The molecule has 3 rings (SSSR count). The Labute approximate surface area is 169 Å². The lowest BCUT2D eigenvalue weighted by atomic mass is 10.1. The van der Waals surface area contributed by atoms with Crippen molar-refractivity contribution in [1.29, 1.82) is 0 Å². The summed E-state index contributed by atoms with van der Waals surface area (Å²) in [7, 11) is 1.41. The first-order valence-electron chi connectivity index (χ1n) is 7.52. The molecule has 0 unspecified atom stereocenters. The molecule has 2 aromatic carbocycles. The first-order valence-corrected chi connectivity index (χ1v) is 8.65. The Kier molecular flexibility index (Phi) is 5.41. The van der Waals surface area contributed by atoms with Gasteiger partial charge in [-0.3, -0.25) is 14.9 Å². The first-order chi connectivity index (χ1) is 12.8. The third-order valence-electron chi connectivity index (χ3n) is 3.70. The van der Waals surface area contributed by atoms with Crippen molar-refractivity contribution < 1.29 is 19.1 Å². The van der Waals surface area contributed by atoms with E-state index in [9.17, 15) is 14.4 Å². The van der Waals surface area contributed by atoms with Gasteiger partial charge in [0, 0.05) is 5.02 Å². The van der Waals surface area contributed by atoms with E-state index in [1.54, 1.807) is 12.1 Å². The van der Waals surface area contributed by atoms with Crippen molar-refractivity contribution in [2.24, 2.45) is 0 Å². The van der Waals surface area contributed by atoms with Crippen LogP contribution < -0.4 is 15.0 Å². The molecule has 0 bridgehead atoms. The van der Waals surface area contributed by atoms with Crippen molar-refractivity contribution in [3.8, 4) is 5.75 Å². The van der Waals surface area contributed by atoms with Gasteiger partial charge >= 0.3 is 6.03 Å². The van der Waals surface area contributed by atoms with Gasteiger partial charge in [-0.05, 0) is 42.0 Å². The Balaban J connectivity index is 2.04. The molecule has 0 aliphatic carbocycles. The normalized spacial score (nSPS) is 15.9. The fraction of sp³-hybridized carbons (Fsp3) is 0.0556. The van der Waals surface area contributed by atoms with Gasteiger partial charge in [0.25, 0.3) is 11.8 Å². The Bertz CT molecular complexity index is 981. The number of hydrogen-bond donors (Lipinski definition) is 1. The molecule has 2 aromatic rings. The molecule has 138 valence electrons. The van der Waals surface area contributed by atoms with Crippen LogP contribution in [0.5, 0.6) is 5.75 Å². The molecular formula is C18H11Cl3N2O4. The topological polar surface area (TPSA) is 75.7 Å². The van der Waals surface area contributed by atoms with Crippen molar-refractivity contribution in [2.75, 3.05) is 12.0 Å². The summed E-state index contributed by atoms with van der Waals surface area (Å²) in [6.45, 7) is 0. The Hall–Kier alpha value is -2.54. The number of carbonyl (C=O) groups is 3. The lowest BCUT2D eigenvalue weighted by molar-refractivity contribution is -0.122. The van der Waals surface area contributed by atoms with Crippen LogP contribution >= 0.6 is 34.8 Å². The van der Waals surface area contributed by atoms with Crippen molar-refractivity contribution >= 4 is 64.4 Å². The van der Waals surface area contributed by atoms with Crippen LogP contribution in [0, 0.1) is 0 Å². The minimum atomic E-state index is -0.866. The number of carbonyl (C=O) groups excluding carboxylic acids is 3. The first kappa shape index (κ1) is 19.2. The highest BCUT2D eigenvalue weighted by Gasteiger charge is 2.36. The van der Waals surface area contributed by atoms with Crippen LogP contribution in [0.25, 0.3) is 6.08 Å². The van der Waals surface area contributed by atoms with Gasteiger partial charge in [0.2, 0.25) is 0 Å². The number of anilines is 1. The maximum atomic E-state index is 12.8. The molecule has 0 saturated carbocycles. The number of nitrogens with one attached hydrogen (secondary N) is 1. The summed E-state index contributed by atoms with van der Waals surface area (Å²) in [6.07, 6.45) is 1.29. The molecule has 0 spiro atoms. The van der Waals surface area contributed by atoms with Crippen LogP contribution in [-0.2, 0) is 9.59 Å². The third kappa shape index (κ3) is 3.78. The maximum absolute atomic E-state index is 12.8. The van der Waals surface area contributed by atoms with Crippen LogP contribution in [0.1, 0.15) is 5.56 Å². The quantitative estimate of drug-likeness (QED) is 0.587. The molecule has 1 aliphatic heterocycles. The monoisotopic (exact) mass is 424 g/mol. The van der Waals surface area contributed by atoms with E-state index in [0.717, 1.165) is 4.90 Å². The Morgan fingerprint density at radius 2 is 1.70 bits per heavy atom. The molecule has 1 aliphatic rings. The van der Waals surface area contributed by atoms with Crippen LogP contribution in [0.3, 0.4) is 0 Å². The van der Waals surface area contributed by atoms with E-state index < -0.39 is 17.8 Å². The summed E-state index contributed by atoms with van der Waals surface area (Å²) in [5.74, 6) is -1.35. The van der Waals surface area contributed by atoms with Crippen molar-refractivity contribution in [3.63, 3.8) is 0 Å². The Morgan fingerprint density at radius 1 is 1.04 bits per heavy atom. The van der Waals surface area contributed by atoms with Gasteiger partial charge in [-0.15, -0.1) is 0 Å². The number of urea groups is 1. The predicted molar refractivity (Wildman–Crippen MR) is 103 cm³/mol. The molecule has 1 N–H and O–H groups in total. The highest BCUT2D eigenvalue weighted by molar-refractivity contribution is 6.40. The largest absolute Gasteiger partial charge is 0.494 e. The Morgan fingerprint density at radius 3 is 2.30 bits per heavy atom. The smallest absolute Gasteiger partial charge is 0.335 e.